The number of hydrogen-bond acceptors (Lipinski definition) is 2. The van der Waals surface area contributed by atoms with Gasteiger partial charge in [-0.2, -0.15) is 0 Å². The molecule has 2 unspecified atom stereocenters. The second-order valence-corrected chi connectivity index (χ2v) is 4.48. The molecule has 13 heavy (non-hydrogen) atoms. The molecule has 0 aromatic carbocycles. The van der Waals surface area contributed by atoms with Crippen molar-refractivity contribution in [3.63, 3.8) is 0 Å². The Morgan fingerprint density at radius 2 is 2.15 bits per heavy atom. The lowest BCUT2D eigenvalue weighted by molar-refractivity contribution is 0.00902. The number of nitrogens with zero attached hydrogens (tertiary/aromatic N) is 1. The zero-order valence-electron chi connectivity index (χ0n) is 8.75. The smallest absolute Gasteiger partial charge is 0.0766 e. The lowest BCUT2D eigenvalue weighted by atomic mass is 9.92. The van der Waals surface area contributed by atoms with E-state index in [0.717, 1.165) is 19.5 Å². The van der Waals surface area contributed by atoms with Gasteiger partial charge in [0.25, 0.3) is 0 Å². The Hall–Kier alpha value is -0.520. The number of rotatable bonds is 1. The summed E-state index contributed by atoms with van der Waals surface area (Å²) in [6, 6.07) is 0. The summed E-state index contributed by atoms with van der Waals surface area (Å²) in [4.78, 5) is 2.27. The van der Waals surface area contributed by atoms with Gasteiger partial charge >= 0.3 is 0 Å². The van der Waals surface area contributed by atoms with Crippen LogP contribution < -0.4 is 0 Å². The van der Waals surface area contributed by atoms with E-state index < -0.39 is 0 Å². The van der Waals surface area contributed by atoms with E-state index in [4.69, 9.17) is 6.42 Å². The third kappa shape index (κ3) is 2.24. The minimum atomic E-state index is -0.172. The molecule has 0 spiro atoms. The Kier molecular flexibility index (Phi) is 3.00. The Labute approximate surface area is 80.9 Å². The van der Waals surface area contributed by atoms with Crippen molar-refractivity contribution < 1.29 is 5.11 Å². The van der Waals surface area contributed by atoms with Crippen LogP contribution in [-0.2, 0) is 0 Å². The van der Waals surface area contributed by atoms with E-state index in [1.54, 1.807) is 0 Å². The molecule has 1 aliphatic rings. The summed E-state index contributed by atoms with van der Waals surface area (Å²) in [7, 11) is 0. The predicted octanol–water partition coefficient (Wildman–Crippen LogP) is 1.10. The van der Waals surface area contributed by atoms with E-state index in [0.29, 0.717) is 5.92 Å². The molecule has 1 saturated heterocycles. The minimum absolute atomic E-state index is 0.148. The third-order valence-electron chi connectivity index (χ3n) is 3.00. The summed E-state index contributed by atoms with van der Waals surface area (Å²) >= 11 is 0. The fourth-order valence-electron chi connectivity index (χ4n) is 1.73. The molecule has 0 aromatic heterocycles. The molecule has 1 N–H and O–H groups in total. The Morgan fingerprint density at radius 3 is 2.62 bits per heavy atom. The summed E-state index contributed by atoms with van der Waals surface area (Å²) in [5, 5.41) is 9.56. The molecule has 0 aromatic rings. The maximum Gasteiger partial charge on any atom is 0.0766 e. The topological polar surface area (TPSA) is 23.5 Å². The van der Waals surface area contributed by atoms with Gasteiger partial charge in [-0.05, 0) is 26.2 Å². The summed E-state index contributed by atoms with van der Waals surface area (Å²) in [5.41, 5.74) is -0.172. The molecule has 1 aliphatic heterocycles. The van der Waals surface area contributed by atoms with Crippen LogP contribution in [0.1, 0.15) is 27.2 Å². The van der Waals surface area contributed by atoms with Gasteiger partial charge in [0.1, 0.15) is 0 Å². The lowest BCUT2D eigenvalue weighted by Crippen LogP contribution is -2.51. The molecule has 1 fully saturated rings. The van der Waals surface area contributed by atoms with Crippen LogP contribution >= 0.6 is 0 Å². The van der Waals surface area contributed by atoms with Gasteiger partial charge in [0.2, 0.25) is 0 Å². The van der Waals surface area contributed by atoms with Crippen molar-refractivity contribution in [1.29, 1.82) is 0 Å². The van der Waals surface area contributed by atoms with Crippen molar-refractivity contribution in [3.05, 3.63) is 0 Å². The van der Waals surface area contributed by atoms with E-state index >= 15 is 0 Å². The molecule has 0 amide bonds. The van der Waals surface area contributed by atoms with Crippen molar-refractivity contribution >= 4 is 0 Å². The fourth-order valence-corrected chi connectivity index (χ4v) is 1.73. The van der Waals surface area contributed by atoms with E-state index in [-0.39, 0.29) is 11.6 Å². The van der Waals surface area contributed by atoms with E-state index in [2.05, 4.69) is 31.6 Å². The van der Waals surface area contributed by atoms with Gasteiger partial charge < -0.3 is 5.11 Å². The van der Waals surface area contributed by atoms with Crippen molar-refractivity contribution in [2.75, 3.05) is 13.1 Å². The molecule has 0 bridgehead atoms. The van der Waals surface area contributed by atoms with Crippen LogP contribution in [0.15, 0.2) is 0 Å². The normalized spacial score (nSPS) is 31.3. The number of hydrogen-bond donors (Lipinski definition) is 1. The Balaban J connectivity index is 2.61. The molecular formula is C11H19NO. The first-order valence-corrected chi connectivity index (χ1v) is 4.88. The monoisotopic (exact) mass is 181 g/mol. The van der Waals surface area contributed by atoms with Crippen LogP contribution in [0.2, 0.25) is 0 Å². The van der Waals surface area contributed by atoms with Gasteiger partial charge in [-0.15, -0.1) is 6.42 Å². The summed E-state index contributed by atoms with van der Waals surface area (Å²) in [5.74, 6) is 3.13. The highest BCUT2D eigenvalue weighted by atomic mass is 16.3. The number of aliphatic hydroxyl groups excluding tert-OH is 1. The van der Waals surface area contributed by atoms with Crippen LogP contribution in [0, 0.1) is 18.3 Å². The Bertz CT molecular complexity index is 217. The number of aliphatic hydroxyl groups is 1. The molecular weight excluding hydrogens is 162 g/mol. The summed E-state index contributed by atoms with van der Waals surface area (Å²) < 4.78 is 0. The SMILES string of the molecule is C#CC(C)(C)N1CCC(O)C(C)C1. The minimum Gasteiger partial charge on any atom is -0.393 e. The van der Waals surface area contributed by atoms with Crippen molar-refractivity contribution in [3.8, 4) is 12.3 Å². The van der Waals surface area contributed by atoms with E-state index in [9.17, 15) is 5.11 Å². The van der Waals surface area contributed by atoms with Crippen LogP contribution in [0.25, 0.3) is 0 Å². The first-order chi connectivity index (χ1) is 5.97. The van der Waals surface area contributed by atoms with Crippen LogP contribution in [-0.4, -0.2) is 34.7 Å². The Morgan fingerprint density at radius 1 is 1.54 bits per heavy atom. The second-order valence-electron chi connectivity index (χ2n) is 4.48. The van der Waals surface area contributed by atoms with Crippen LogP contribution in [0.3, 0.4) is 0 Å². The molecule has 0 radical (unpaired) electrons. The quantitative estimate of drug-likeness (QED) is 0.612. The van der Waals surface area contributed by atoms with Gasteiger partial charge in [-0.25, -0.2) is 0 Å². The van der Waals surface area contributed by atoms with Crippen molar-refractivity contribution in [2.45, 2.75) is 38.8 Å². The highest BCUT2D eigenvalue weighted by Gasteiger charge is 2.31. The predicted molar refractivity (Wildman–Crippen MR) is 54.3 cm³/mol. The average molecular weight is 181 g/mol. The lowest BCUT2D eigenvalue weighted by Gasteiger charge is -2.41. The zero-order chi connectivity index (χ0) is 10.1. The molecule has 2 nitrogen and oxygen atoms in total. The largest absolute Gasteiger partial charge is 0.393 e. The average Bonchev–Trinajstić information content (AvgIpc) is 2.09. The highest BCUT2D eigenvalue weighted by Crippen LogP contribution is 2.23. The first kappa shape index (κ1) is 10.6. The number of likely N-dealkylation sites (tertiary alicyclic amines) is 1. The van der Waals surface area contributed by atoms with Crippen LogP contribution in [0.5, 0.6) is 0 Å². The van der Waals surface area contributed by atoms with Crippen molar-refractivity contribution in [2.24, 2.45) is 5.92 Å². The van der Waals surface area contributed by atoms with Gasteiger partial charge in [0.15, 0.2) is 0 Å². The van der Waals surface area contributed by atoms with Crippen LogP contribution in [0.4, 0.5) is 0 Å². The molecule has 74 valence electrons. The van der Waals surface area contributed by atoms with Gasteiger partial charge in [-0.1, -0.05) is 12.8 Å². The summed E-state index contributed by atoms with van der Waals surface area (Å²) in [6.45, 7) is 7.99. The highest BCUT2D eigenvalue weighted by molar-refractivity contribution is 5.09. The second kappa shape index (κ2) is 3.69. The molecule has 1 heterocycles. The standard InChI is InChI=1S/C11H19NO/c1-5-11(3,4)12-7-6-10(13)9(2)8-12/h1,9-10,13H,6-8H2,2-4H3. The number of piperidine rings is 1. The molecule has 1 rings (SSSR count). The maximum atomic E-state index is 9.56. The van der Waals surface area contributed by atoms with Gasteiger partial charge in [0, 0.05) is 13.1 Å². The van der Waals surface area contributed by atoms with E-state index in [1.165, 1.54) is 0 Å². The summed E-state index contributed by atoms with van der Waals surface area (Å²) in [6.07, 6.45) is 6.15. The molecule has 2 atom stereocenters. The number of terminal acetylenes is 1. The van der Waals surface area contributed by atoms with Gasteiger partial charge in [0.05, 0.1) is 11.6 Å². The van der Waals surface area contributed by atoms with E-state index in [1.807, 2.05) is 0 Å². The molecule has 0 saturated carbocycles. The zero-order valence-corrected chi connectivity index (χ0v) is 8.75. The third-order valence-corrected chi connectivity index (χ3v) is 3.00. The van der Waals surface area contributed by atoms with Gasteiger partial charge in [-0.3, -0.25) is 4.90 Å². The fraction of sp³-hybridized carbons (Fsp3) is 0.818. The maximum absolute atomic E-state index is 9.56. The first-order valence-electron chi connectivity index (χ1n) is 4.88. The van der Waals surface area contributed by atoms with Crippen molar-refractivity contribution in [1.82, 2.24) is 4.90 Å². The molecule has 0 aliphatic carbocycles. The molecule has 2 heteroatoms.